The van der Waals surface area contributed by atoms with Crippen molar-refractivity contribution in [1.82, 2.24) is 9.78 Å². The fraction of sp³-hybridized carbons (Fsp3) is 0.600. The summed E-state index contributed by atoms with van der Waals surface area (Å²) in [6, 6.07) is 5.04. The van der Waals surface area contributed by atoms with Crippen LogP contribution in [0.3, 0.4) is 0 Å². The van der Waals surface area contributed by atoms with Crippen molar-refractivity contribution in [2.75, 3.05) is 11.5 Å². The average molecular weight is 408 g/mol. The lowest BCUT2D eigenvalue weighted by atomic mass is 9.89. The van der Waals surface area contributed by atoms with E-state index in [9.17, 15) is 4.79 Å². The summed E-state index contributed by atoms with van der Waals surface area (Å²) in [6.45, 7) is 4.58. The van der Waals surface area contributed by atoms with Crippen molar-refractivity contribution >= 4 is 11.6 Å². The van der Waals surface area contributed by atoms with Crippen LogP contribution in [-0.4, -0.2) is 28.3 Å². The van der Waals surface area contributed by atoms with Crippen LogP contribution in [0.5, 0.6) is 5.75 Å². The van der Waals surface area contributed by atoms with E-state index in [1.165, 1.54) is 50.5 Å². The second-order valence-corrected chi connectivity index (χ2v) is 9.47. The van der Waals surface area contributed by atoms with Crippen molar-refractivity contribution in [3.05, 3.63) is 30.1 Å². The molecule has 5 rings (SSSR count). The molecule has 3 aliphatic rings. The largest absolute Gasteiger partial charge is 0.492 e. The number of carbonyl (C=O) groups is 1. The van der Waals surface area contributed by atoms with Crippen LogP contribution < -0.4 is 9.64 Å². The normalized spacial score (nSPS) is 22.1. The summed E-state index contributed by atoms with van der Waals surface area (Å²) in [6.07, 6.45) is 15.0. The van der Waals surface area contributed by atoms with Gasteiger partial charge in [0.1, 0.15) is 5.75 Å². The molecule has 160 valence electrons. The van der Waals surface area contributed by atoms with Gasteiger partial charge in [-0.05, 0) is 63.5 Å². The van der Waals surface area contributed by atoms with Gasteiger partial charge in [0.15, 0.2) is 0 Å². The average Bonchev–Trinajstić information content (AvgIpc) is 3.49. The van der Waals surface area contributed by atoms with Crippen molar-refractivity contribution in [2.45, 2.75) is 83.7 Å². The van der Waals surface area contributed by atoms with Gasteiger partial charge in [-0.3, -0.25) is 9.48 Å². The Morgan fingerprint density at radius 1 is 1.13 bits per heavy atom. The van der Waals surface area contributed by atoms with Gasteiger partial charge in [-0.2, -0.15) is 5.10 Å². The van der Waals surface area contributed by atoms with Crippen molar-refractivity contribution in [3.8, 4) is 16.9 Å². The molecule has 0 N–H and O–H groups in total. The number of hydrogen-bond acceptors (Lipinski definition) is 3. The van der Waals surface area contributed by atoms with Gasteiger partial charge in [0, 0.05) is 35.9 Å². The van der Waals surface area contributed by atoms with E-state index < -0.39 is 0 Å². The number of nitrogens with zero attached hydrogens (tertiary/aromatic N) is 3. The molecule has 0 radical (unpaired) electrons. The first-order valence-corrected chi connectivity index (χ1v) is 11.7. The molecule has 1 aromatic carbocycles. The Balaban J connectivity index is 1.52. The second-order valence-electron chi connectivity index (χ2n) is 9.47. The molecule has 1 aromatic heterocycles. The molecule has 0 spiro atoms. The lowest BCUT2D eigenvalue weighted by Gasteiger charge is -2.36. The predicted octanol–water partition coefficient (Wildman–Crippen LogP) is 5.53. The number of rotatable bonds is 5. The van der Waals surface area contributed by atoms with Crippen LogP contribution in [-0.2, 0) is 11.2 Å². The molecule has 0 bridgehead atoms. The molecule has 5 nitrogen and oxygen atoms in total. The minimum absolute atomic E-state index is 0.107. The van der Waals surface area contributed by atoms with E-state index >= 15 is 0 Å². The summed E-state index contributed by atoms with van der Waals surface area (Å²) in [5.74, 6) is 1.73. The maximum absolute atomic E-state index is 12.4. The first-order valence-electron chi connectivity index (χ1n) is 11.7. The number of benzene rings is 1. The Hall–Kier alpha value is -2.30. The third-order valence-corrected chi connectivity index (χ3v) is 7.11. The van der Waals surface area contributed by atoms with Gasteiger partial charge in [-0.15, -0.1) is 0 Å². The third kappa shape index (κ3) is 3.75. The Morgan fingerprint density at radius 3 is 2.67 bits per heavy atom. The van der Waals surface area contributed by atoms with Gasteiger partial charge in [0.05, 0.1) is 24.5 Å². The highest BCUT2D eigenvalue weighted by atomic mass is 16.5. The van der Waals surface area contributed by atoms with Gasteiger partial charge < -0.3 is 9.64 Å². The lowest BCUT2D eigenvalue weighted by Crippen LogP contribution is -2.40. The van der Waals surface area contributed by atoms with E-state index in [1.807, 2.05) is 11.1 Å². The van der Waals surface area contributed by atoms with E-state index in [0.717, 1.165) is 42.0 Å². The summed E-state index contributed by atoms with van der Waals surface area (Å²) in [4.78, 5) is 14.3. The van der Waals surface area contributed by atoms with Crippen LogP contribution in [0.4, 0.5) is 5.69 Å². The topological polar surface area (TPSA) is 47.4 Å². The number of fused-ring (bicyclic) bond motifs is 1. The fourth-order valence-electron chi connectivity index (χ4n) is 5.25. The number of aromatic nitrogens is 2. The SMILES string of the molecule is CC(=O)N1c2ccc(-c3cnn(C4CC4)c3)c(OCC3CCCCC3)c2CCC1C. The van der Waals surface area contributed by atoms with Crippen LogP contribution in [0.15, 0.2) is 24.5 Å². The van der Waals surface area contributed by atoms with Crippen LogP contribution in [0.1, 0.15) is 76.8 Å². The van der Waals surface area contributed by atoms with E-state index in [-0.39, 0.29) is 11.9 Å². The zero-order valence-corrected chi connectivity index (χ0v) is 18.3. The predicted molar refractivity (Wildman–Crippen MR) is 119 cm³/mol. The van der Waals surface area contributed by atoms with E-state index in [1.54, 1.807) is 6.92 Å². The second kappa shape index (κ2) is 8.09. The van der Waals surface area contributed by atoms with E-state index in [0.29, 0.717) is 12.0 Å². The minimum Gasteiger partial charge on any atom is -0.492 e. The number of carbonyl (C=O) groups excluding carboxylic acids is 1. The van der Waals surface area contributed by atoms with Gasteiger partial charge >= 0.3 is 0 Å². The van der Waals surface area contributed by atoms with Crippen molar-refractivity contribution in [3.63, 3.8) is 0 Å². The molecule has 2 aliphatic carbocycles. The Morgan fingerprint density at radius 2 is 1.93 bits per heavy atom. The Kier molecular flexibility index (Phi) is 5.30. The standard InChI is InChI=1S/C25H33N3O2/c1-17-8-11-23-24(28(17)18(2)29)13-12-22(20-14-26-27(15-20)21-9-10-21)25(23)30-16-19-6-4-3-5-7-19/h12-15,17,19,21H,3-11,16H2,1-2H3. The summed E-state index contributed by atoms with van der Waals surface area (Å²) in [7, 11) is 0. The van der Waals surface area contributed by atoms with E-state index in [4.69, 9.17) is 4.74 Å². The zero-order valence-electron chi connectivity index (χ0n) is 18.3. The molecule has 2 saturated carbocycles. The summed E-state index contributed by atoms with van der Waals surface area (Å²) in [5.41, 5.74) is 4.46. The molecule has 0 saturated heterocycles. The highest BCUT2D eigenvalue weighted by molar-refractivity contribution is 5.95. The first kappa shape index (κ1) is 19.7. The smallest absolute Gasteiger partial charge is 0.224 e. The molecule has 1 atom stereocenters. The monoisotopic (exact) mass is 407 g/mol. The minimum atomic E-state index is 0.107. The molecular formula is C25H33N3O2. The lowest BCUT2D eigenvalue weighted by molar-refractivity contribution is -0.117. The molecule has 2 heterocycles. The maximum atomic E-state index is 12.4. The van der Waals surface area contributed by atoms with Crippen LogP contribution in [0, 0.1) is 5.92 Å². The van der Waals surface area contributed by atoms with Gasteiger partial charge in [-0.1, -0.05) is 19.3 Å². The third-order valence-electron chi connectivity index (χ3n) is 7.11. The Labute approximate surface area is 179 Å². The molecule has 1 amide bonds. The first-order chi connectivity index (χ1) is 14.6. The number of anilines is 1. The molecule has 5 heteroatoms. The molecule has 2 aromatic rings. The van der Waals surface area contributed by atoms with Crippen LogP contribution in [0.25, 0.3) is 11.1 Å². The number of amides is 1. The highest BCUT2D eigenvalue weighted by Crippen LogP contribution is 2.44. The van der Waals surface area contributed by atoms with Crippen molar-refractivity contribution in [1.29, 1.82) is 0 Å². The van der Waals surface area contributed by atoms with Gasteiger partial charge in [-0.25, -0.2) is 0 Å². The van der Waals surface area contributed by atoms with Crippen LogP contribution in [0.2, 0.25) is 0 Å². The molecule has 2 fully saturated rings. The Bertz CT molecular complexity index is 924. The number of ether oxygens (including phenoxy) is 1. The summed E-state index contributed by atoms with van der Waals surface area (Å²) in [5, 5.41) is 4.61. The van der Waals surface area contributed by atoms with Crippen molar-refractivity contribution < 1.29 is 9.53 Å². The highest BCUT2D eigenvalue weighted by Gasteiger charge is 2.31. The quantitative estimate of drug-likeness (QED) is 0.654. The van der Waals surface area contributed by atoms with Crippen LogP contribution >= 0.6 is 0 Å². The summed E-state index contributed by atoms with van der Waals surface area (Å²) >= 11 is 0. The number of hydrogen-bond donors (Lipinski definition) is 0. The molecular weight excluding hydrogens is 374 g/mol. The molecule has 1 aliphatic heterocycles. The molecule has 30 heavy (non-hydrogen) atoms. The molecule has 1 unspecified atom stereocenters. The maximum Gasteiger partial charge on any atom is 0.224 e. The fourth-order valence-corrected chi connectivity index (χ4v) is 5.25. The summed E-state index contributed by atoms with van der Waals surface area (Å²) < 4.78 is 8.70. The van der Waals surface area contributed by atoms with E-state index in [2.05, 4.69) is 35.0 Å². The van der Waals surface area contributed by atoms with Gasteiger partial charge in [0.2, 0.25) is 5.91 Å². The zero-order chi connectivity index (χ0) is 20.7. The van der Waals surface area contributed by atoms with Gasteiger partial charge in [0.25, 0.3) is 0 Å². The van der Waals surface area contributed by atoms with Crippen molar-refractivity contribution in [2.24, 2.45) is 5.92 Å².